The number of hydrogen-bond donors (Lipinski definition) is 2. The van der Waals surface area contributed by atoms with Crippen molar-refractivity contribution in [3.05, 3.63) is 47.3 Å². The molecule has 2 aromatic rings. The Kier molecular flexibility index (Phi) is 3.46. The van der Waals surface area contributed by atoms with Gasteiger partial charge in [-0.2, -0.15) is 5.10 Å². The van der Waals surface area contributed by atoms with E-state index in [4.69, 9.17) is 0 Å². The molecular formula is C19H19N3O5. The van der Waals surface area contributed by atoms with Crippen molar-refractivity contribution in [1.29, 1.82) is 0 Å². The maximum absolute atomic E-state index is 12.8. The standard InChI is InChI=1S/C19H19N3O5/c1-11-7-12(2)22(20-11)14-5-3-13(4-6-14)15(23)21-9-18(16(24)25)8-19(18,10-21)17(26)27/h3-7H,8-10H2,1-2H3,(H,24,25)(H,26,27)/t18-,19+. The zero-order valence-corrected chi connectivity index (χ0v) is 15.0. The molecule has 2 fully saturated rings. The minimum atomic E-state index is -1.36. The number of carboxylic acids is 2. The fourth-order valence-corrected chi connectivity index (χ4v) is 4.25. The first-order valence-corrected chi connectivity index (χ1v) is 8.60. The lowest BCUT2D eigenvalue weighted by molar-refractivity contribution is -0.151. The first kappa shape index (κ1) is 17.3. The van der Waals surface area contributed by atoms with Crippen LogP contribution in [0.1, 0.15) is 28.2 Å². The third-order valence-corrected chi connectivity index (χ3v) is 5.79. The van der Waals surface area contributed by atoms with Crippen LogP contribution in [-0.4, -0.2) is 55.8 Å². The van der Waals surface area contributed by atoms with E-state index in [1.54, 1.807) is 28.9 Å². The topological polar surface area (TPSA) is 113 Å². The van der Waals surface area contributed by atoms with Crippen LogP contribution in [0.2, 0.25) is 0 Å². The molecule has 8 nitrogen and oxygen atoms in total. The molecule has 1 aliphatic carbocycles. The summed E-state index contributed by atoms with van der Waals surface area (Å²) in [4.78, 5) is 37.3. The van der Waals surface area contributed by atoms with Gasteiger partial charge in [0.2, 0.25) is 0 Å². The van der Waals surface area contributed by atoms with Crippen molar-refractivity contribution in [3.63, 3.8) is 0 Å². The van der Waals surface area contributed by atoms with E-state index in [1.807, 2.05) is 19.9 Å². The van der Waals surface area contributed by atoms with Gasteiger partial charge in [-0.05, 0) is 50.6 Å². The molecule has 1 saturated heterocycles. The summed E-state index contributed by atoms with van der Waals surface area (Å²) in [5.41, 5.74) is 0.337. The predicted molar refractivity (Wildman–Crippen MR) is 93.7 cm³/mol. The first-order chi connectivity index (χ1) is 12.7. The predicted octanol–water partition coefficient (Wildman–Crippen LogP) is 1.49. The number of likely N-dealkylation sites (tertiary alicyclic amines) is 1. The first-order valence-electron chi connectivity index (χ1n) is 8.60. The van der Waals surface area contributed by atoms with E-state index in [1.165, 1.54) is 4.90 Å². The van der Waals surface area contributed by atoms with Crippen molar-refractivity contribution in [2.45, 2.75) is 20.3 Å². The van der Waals surface area contributed by atoms with Gasteiger partial charge in [0.25, 0.3) is 5.91 Å². The number of benzene rings is 1. The Bertz CT molecular complexity index is 952. The molecule has 1 aliphatic heterocycles. The summed E-state index contributed by atoms with van der Waals surface area (Å²) >= 11 is 0. The normalized spacial score (nSPS) is 25.9. The van der Waals surface area contributed by atoms with Crippen LogP contribution in [0.4, 0.5) is 0 Å². The maximum atomic E-state index is 12.8. The molecular weight excluding hydrogens is 350 g/mol. The highest BCUT2D eigenvalue weighted by atomic mass is 16.4. The molecule has 0 spiro atoms. The highest BCUT2D eigenvalue weighted by Crippen LogP contribution is 2.68. The average molecular weight is 369 g/mol. The molecule has 1 aromatic heterocycles. The van der Waals surface area contributed by atoms with E-state index in [0.717, 1.165) is 17.1 Å². The fraction of sp³-hybridized carbons (Fsp3) is 0.368. The van der Waals surface area contributed by atoms with Crippen LogP contribution in [0.15, 0.2) is 30.3 Å². The smallest absolute Gasteiger partial charge is 0.312 e. The summed E-state index contributed by atoms with van der Waals surface area (Å²) in [5, 5.41) is 23.4. The van der Waals surface area contributed by atoms with Gasteiger partial charge in [0, 0.05) is 24.3 Å². The Balaban J connectivity index is 1.57. The van der Waals surface area contributed by atoms with Gasteiger partial charge >= 0.3 is 11.9 Å². The highest BCUT2D eigenvalue weighted by molar-refractivity contribution is 6.00. The van der Waals surface area contributed by atoms with Gasteiger partial charge in [0.05, 0.1) is 11.4 Å². The van der Waals surface area contributed by atoms with Crippen LogP contribution in [0.25, 0.3) is 5.69 Å². The average Bonchev–Trinajstić information content (AvgIpc) is 2.97. The van der Waals surface area contributed by atoms with Gasteiger partial charge in [-0.1, -0.05) is 0 Å². The zero-order valence-electron chi connectivity index (χ0n) is 15.0. The minimum Gasteiger partial charge on any atom is -0.481 e. The summed E-state index contributed by atoms with van der Waals surface area (Å²) in [5.74, 6) is -2.66. The molecule has 2 heterocycles. The number of aryl methyl sites for hydroxylation is 2. The van der Waals surface area contributed by atoms with Crippen molar-refractivity contribution >= 4 is 17.8 Å². The molecule has 0 unspecified atom stereocenters. The lowest BCUT2D eigenvalue weighted by Gasteiger charge is -2.20. The molecule has 1 saturated carbocycles. The number of fused-ring (bicyclic) bond motifs is 1. The fourth-order valence-electron chi connectivity index (χ4n) is 4.25. The summed E-state index contributed by atoms with van der Waals surface area (Å²) in [6.07, 6.45) is 0.0747. The van der Waals surface area contributed by atoms with Crippen molar-refractivity contribution in [1.82, 2.24) is 14.7 Å². The Morgan fingerprint density at radius 3 is 2.00 bits per heavy atom. The zero-order chi connectivity index (χ0) is 19.6. The number of carboxylic acid groups (broad SMARTS) is 2. The molecule has 1 amide bonds. The third kappa shape index (κ3) is 2.29. The van der Waals surface area contributed by atoms with Crippen molar-refractivity contribution < 1.29 is 24.6 Å². The van der Waals surface area contributed by atoms with Crippen molar-refractivity contribution in [2.75, 3.05) is 13.1 Å². The number of aromatic nitrogens is 2. The number of hydrogen-bond acceptors (Lipinski definition) is 4. The molecule has 2 aliphatic rings. The monoisotopic (exact) mass is 369 g/mol. The van der Waals surface area contributed by atoms with Gasteiger partial charge in [0.1, 0.15) is 10.8 Å². The van der Waals surface area contributed by atoms with Crippen molar-refractivity contribution in [3.8, 4) is 5.69 Å². The summed E-state index contributed by atoms with van der Waals surface area (Å²) in [6, 6.07) is 8.79. The molecule has 8 heteroatoms. The van der Waals surface area contributed by atoms with E-state index < -0.39 is 22.8 Å². The van der Waals surface area contributed by atoms with Gasteiger partial charge in [-0.25, -0.2) is 4.68 Å². The highest BCUT2D eigenvalue weighted by Gasteiger charge is 2.81. The van der Waals surface area contributed by atoms with Crippen LogP contribution in [0, 0.1) is 24.7 Å². The number of carbonyl (C=O) groups excluding carboxylic acids is 1. The molecule has 0 radical (unpaired) electrons. The Morgan fingerprint density at radius 2 is 1.56 bits per heavy atom. The van der Waals surface area contributed by atoms with Crippen LogP contribution >= 0.6 is 0 Å². The number of carbonyl (C=O) groups is 3. The molecule has 2 atom stereocenters. The van der Waals surface area contributed by atoms with Crippen LogP contribution in [-0.2, 0) is 9.59 Å². The van der Waals surface area contributed by atoms with Gasteiger partial charge in [-0.3, -0.25) is 14.4 Å². The molecule has 27 heavy (non-hydrogen) atoms. The van der Waals surface area contributed by atoms with Crippen LogP contribution in [0.3, 0.4) is 0 Å². The minimum absolute atomic E-state index is 0.0747. The molecule has 4 rings (SSSR count). The molecule has 1 aromatic carbocycles. The molecule has 0 bridgehead atoms. The summed E-state index contributed by atoms with van der Waals surface area (Å²) in [7, 11) is 0. The Labute approximate surface area is 155 Å². The van der Waals surface area contributed by atoms with E-state index in [2.05, 4.69) is 5.10 Å². The Hall–Kier alpha value is -3.16. The lowest BCUT2D eigenvalue weighted by Crippen LogP contribution is -2.34. The van der Waals surface area contributed by atoms with E-state index >= 15 is 0 Å². The quantitative estimate of drug-likeness (QED) is 0.844. The summed E-state index contributed by atoms with van der Waals surface area (Å²) < 4.78 is 1.77. The number of aliphatic carboxylic acids is 2. The summed E-state index contributed by atoms with van der Waals surface area (Å²) in [6.45, 7) is 3.68. The van der Waals surface area contributed by atoms with E-state index in [-0.39, 0.29) is 25.4 Å². The van der Waals surface area contributed by atoms with Crippen LogP contribution < -0.4 is 0 Å². The van der Waals surface area contributed by atoms with Crippen molar-refractivity contribution in [2.24, 2.45) is 10.8 Å². The second kappa shape index (κ2) is 5.42. The number of amides is 1. The van der Waals surface area contributed by atoms with E-state index in [0.29, 0.717) is 5.56 Å². The largest absolute Gasteiger partial charge is 0.481 e. The van der Waals surface area contributed by atoms with Crippen LogP contribution in [0.5, 0.6) is 0 Å². The van der Waals surface area contributed by atoms with Gasteiger partial charge in [0.15, 0.2) is 0 Å². The third-order valence-electron chi connectivity index (χ3n) is 5.79. The Morgan fingerprint density at radius 1 is 1.00 bits per heavy atom. The number of nitrogens with zero attached hydrogens (tertiary/aromatic N) is 3. The molecule has 2 N–H and O–H groups in total. The van der Waals surface area contributed by atoms with E-state index in [9.17, 15) is 24.6 Å². The van der Waals surface area contributed by atoms with Gasteiger partial charge in [-0.15, -0.1) is 0 Å². The van der Waals surface area contributed by atoms with Gasteiger partial charge < -0.3 is 15.1 Å². The second-order valence-electron chi connectivity index (χ2n) is 7.50. The number of rotatable bonds is 4. The second-order valence-corrected chi connectivity index (χ2v) is 7.50. The SMILES string of the molecule is Cc1cc(C)n(-c2ccc(C(=O)N3C[C@@]4(C(=O)O)C[C@@]4(C(=O)O)C3)cc2)n1. The lowest BCUT2D eigenvalue weighted by atomic mass is 9.97. The maximum Gasteiger partial charge on any atom is 0.312 e. The molecule has 140 valence electrons. The number of piperidine rings is 1.